The fourth-order valence-corrected chi connectivity index (χ4v) is 3.07. The molecule has 1 atom stereocenters. The monoisotopic (exact) mass is 341 g/mol. The molecule has 19 heavy (non-hydrogen) atoms. The highest BCUT2D eigenvalue weighted by molar-refractivity contribution is 9.10. The molecule has 5 heteroatoms. The van der Waals surface area contributed by atoms with Crippen molar-refractivity contribution in [1.29, 1.82) is 0 Å². The molecule has 2 rings (SSSR count). The van der Waals surface area contributed by atoms with E-state index in [1.165, 1.54) is 11.1 Å². The molecule has 0 fully saturated rings. The molecule has 0 aliphatic heterocycles. The molecule has 1 N–H and O–H groups in total. The third-order valence-corrected chi connectivity index (χ3v) is 4.92. The van der Waals surface area contributed by atoms with E-state index in [-0.39, 0.29) is 0 Å². The van der Waals surface area contributed by atoms with Crippen LogP contribution in [0, 0.1) is 0 Å². The van der Waals surface area contributed by atoms with E-state index in [9.17, 15) is 0 Å². The van der Waals surface area contributed by atoms with Gasteiger partial charge in [-0.1, -0.05) is 34.2 Å². The first-order valence-electron chi connectivity index (χ1n) is 6.60. The Morgan fingerprint density at radius 3 is 3.00 bits per heavy atom. The number of fused-ring (bicyclic) bond motifs is 1. The zero-order valence-corrected chi connectivity index (χ0v) is 14.0. The summed E-state index contributed by atoms with van der Waals surface area (Å²) in [6, 6.07) is 6.85. The number of nitrogens with zero attached hydrogens (tertiary/aromatic N) is 2. The van der Waals surface area contributed by atoms with Crippen LogP contribution >= 0.6 is 27.3 Å². The summed E-state index contributed by atoms with van der Waals surface area (Å²) in [5.41, 5.74) is 1.05. The molecule has 0 bridgehead atoms. The molecule has 3 nitrogen and oxygen atoms in total. The first kappa shape index (κ1) is 14.8. The second kappa shape index (κ2) is 6.68. The number of nitrogens with one attached hydrogen (secondary N) is 1. The average molecular weight is 342 g/mol. The van der Waals surface area contributed by atoms with Gasteiger partial charge in [0.1, 0.15) is 0 Å². The summed E-state index contributed by atoms with van der Waals surface area (Å²) in [5, 5.41) is 4.42. The molecule has 0 aliphatic rings. The topological polar surface area (TPSA) is 28.2 Å². The molecule has 0 radical (unpaired) electrons. The highest BCUT2D eigenvalue weighted by atomic mass is 79.9. The van der Waals surface area contributed by atoms with Gasteiger partial charge >= 0.3 is 0 Å². The van der Waals surface area contributed by atoms with Gasteiger partial charge in [-0.15, -0.1) is 0 Å². The Morgan fingerprint density at radius 1 is 1.47 bits per heavy atom. The number of rotatable bonds is 6. The third kappa shape index (κ3) is 3.91. The Bertz CT molecular complexity index is 540. The minimum absolute atomic E-state index is 0.633. The largest absolute Gasteiger partial charge is 0.360 e. The highest BCUT2D eigenvalue weighted by Gasteiger charge is 2.07. The third-order valence-electron chi connectivity index (χ3n) is 3.43. The van der Waals surface area contributed by atoms with Crippen LogP contribution in [-0.4, -0.2) is 36.1 Å². The van der Waals surface area contributed by atoms with Gasteiger partial charge in [0, 0.05) is 23.6 Å². The maximum Gasteiger partial charge on any atom is 0.183 e. The van der Waals surface area contributed by atoms with Crippen molar-refractivity contribution in [2.75, 3.05) is 25.5 Å². The van der Waals surface area contributed by atoms with Crippen molar-refractivity contribution in [3.05, 3.63) is 22.7 Å². The predicted molar refractivity (Wildman–Crippen MR) is 88.2 cm³/mol. The summed E-state index contributed by atoms with van der Waals surface area (Å²) >= 11 is 5.18. The van der Waals surface area contributed by atoms with Gasteiger partial charge < -0.3 is 10.2 Å². The number of hydrogen-bond donors (Lipinski definition) is 1. The van der Waals surface area contributed by atoms with Crippen molar-refractivity contribution < 1.29 is 0 Å². The van der Waals surface area contributed by atoms with Crippen molar-refractivity contribution >= 4 is 42.6 Å². The number of anilines is 1. The smallest absolute Gasteiger partial charge is 0.183 e. The lowest BCUT2D eigenvalue weighted by Crippen LogP contribution is -2.32. The maximum absolute atomic E-state index is 4.59. The Balaban J connectivity index is 1.91. The van der Waals surface area contributed by atoms with E-state index in [4.69, 9.17) is 0 Å². The van der Waals surface area contributed by atoms with Crippen LogP contribution in [0.2, 0.25) is 0 Å². The van der Waals surface area contributed by atoms with Crippen LogP contribution in [0.4, 0.5) is 5.13 Å². The molecule has 104 valence electrons. The van der Waals surface area contributed by atoms with E-state index >= 15 is 0 Å². The van der Waals surface area contributed by atoms with Gasteiger partial charge in [-0.05, 0) is 38.6 Å². The van der Waals surface area contributed by atoms with Gasteiger partial charge in [-0.2, -0.15) is 0 Å². The molecule has 0 aliphatic carbocycles. The van der Waals surface area contributed by atoms with Crippen LogP contribution in [-0.2, 0) is 0 Å². The zero-order valence-electron chi connectivity index (χ0n) is 11.6. The lowest BCUT2D eigenvalue weighted by atomic mass is 10.2. The van der Waals surface area contributed by atoms with Crippen molar-refractivity contribution in [1.82, 2.24) is 9.88 Å². The summed E-state index contributed by atoms with van der Waals surface area (Å²) in [5.74, 6) is 0. The van der Waals surface area contributed by atoms with E-state index in [2.05, 4.69) is 70.2 Å². The second-order valence-corrected chi connectivity index (χ2v) is 6.74. The molecular weight excluding hydrogens is 322 g/mol. The van der Waals surface area contributed by atoms with Crippen molar-refractivity contribution in [3.63, 3.8) is 0 Å². The quantitative estimate of drug-likeness (QED) is 0.853. The summed E-state index contributed by atoms with van der Waals surface area (Å²) in [4.78, 5) is 6.97. The lowest BCUT2D eigenvalue weighted by molar-refractivity contribution is 0.261. The molecule has 1 heterocycles. The molecule has 0 saturated carbocycles. The first-order valence-corrected chi connectivity index (χ1v) is 8.21. The number of halogens is 1. The van der Waals surface area contributed by atoms with Gasteiger partial charge in [0.05, 0.1) is 10.2 Å². The number of hydrogen-bond acceptors (Lipinski definition) is 4. The van der Waals surface area contributed by atoms with E-state index < -0.39 is 0 Å². The number of aromatic nitrogens is 1. The Kier molecular flexibility index (Phi) is 5.19. The number of benzene rings is 1. The lowest BCUT2D eigenvalue weighted by Gasteiger charge is -2.23. The molecule has 1 unspecified atom stereocenters. The second-order valence-electron chi connectivity index (χ2n) is 4.80. The van der Waals surface area contributed by atoms with Crippen LogP contribution in [0.3, 0.4) is 0 Å². The fourth-order valence-electron chi connectivity index (χ4n) is 1.85. The number of thiazole rings is 1. The minimum atomic E-state index is 0.633. The predicted octanol–water partition coefficient (Wildman–Crippen LogP) is 4.20. The first-order chi connectivity index (χ1) is 9.10. The fraction of sp³-hybridized carbons (Fsp3) is 0.500. The summed E-state index contributed by atoms with van der Waals surface area (Å²) in [6.07, 6.45) is 1.19. The van der Waals surface area contributed by atoms with Gasteiger partial charge in [-0.25, -0.2) is 4.98 Å². The molecule has 0 amide bonds. The minimum Gasteiger partial charge on any atom is -0.360 e. The average Bonchev–Trinajstić information content (AvgIpc) is 2.79. The molecule has 2 aromatic rings. The molecule has 1 aromatic heterocycles. The molecule has 0 spiro atoms. The zero-order chi connectivity index (χ0) is 13.8. The summed E-state index contributed by atoms with van der Waals surface area (Å²) in [6.45, 7) is 6.45. The molecule has 1 aromatic carbocycles. The van der Waals surface area contributed by atoms with Crippen LogP contribution < -0.4 is 5.32 Å². The van der Waals surface area contributed by atoms with E-state index in [1.807, 2.05) is 0 Å². The SMILES string of the molecule is CCC(C)N(C)CCNc1nc2cc(Br)ccc2s1. The van der Waals surface area contributed by atoms with E-state index in [1.54, 1.807) is 11.3 Å². The highest BCUT2D eigenvalue weighted by Crippen LogP contribution is 2.27. The summed E-state index contributed by atoms with van der Waals surface area (Å²) in [7, 11) is 2.17. The van der Waals surface area contributed by atoms with Crippen LogP contribution in [0.15, 0.2) is 22.7 Å². The molecule has 0 saturated heterocycles. The Morgan fingerprint density at radius 2 is 2.26 bits per heavy atom. The van der Waals surface area contributed by atoms with Gasteiger partial charge in [0.25, 0.3) is 0 Å². The van der Waals surface area contributed by atoms with Gasteiger partial charge in [0.2, 0.25) is 0 Å². The van der Waals surface area contributed by atoms with Crippen LogP contribution in [0.25, 0.3) is 10.2 Å². The number of likely N-dealkylation sites (N-methyl/N-ethyl adjacent to an activating group) is 1. The summed E-state index contributed by atoms with van der Waals surface area (Å²) < 4.78 is 2.30. The van der Waals surface area contributed by atoms with Gasteiger partial charge in [-0.3, -0.25) is 0 Å². The Hall–Kier alpha value is -0.650. The van der Waals surface area contributed by atoms with Crippen LogP contribution in [0.1, 0.15) is 20.3 Å². The van der Waals surface area contributed by atoms with E-state index in [0.717, 1.165) is 28.2 Å². The van der Waals surface area contributed by atoms with Crippen molar-refractivity contribution in [2.24, 2.45) is 0 Å². The van der Waals surface area contributed by atoms with E-state index in [0.29, 0.717) is 6.04 Å². The molecular formula is C14H20BrN3S. The van der Waals surface area contributed by atoms with Crippen molar-refractivity contribution in [2.45, 2.75) is 26.3 Å². The Labute approximate surface area is 127 Å². The van der Waals surface area contributed by atoms with Crippen molar-refractivity contribution in [3.8, 4) is 0 Å². The maximum atomic E-state index is 4.59. The normalized spacial score (nSPS) is 13.1. The standard InChI is InChI=1S/C14H20BrN3S/c1-4-10(2)18(3)8-7-16-14-17-12-9-11(15)5-6-13(12)19-14/h5-6,9-10H,4,7-8H2,1-3H3,(H,16,17). The van der Waals surface area contributed by atoms with Crippen LogP contribution in [0.5, 0.6) is 0 Å². The van der Waals surface area contributed by atoms with Gasteiger partial charge in [0.15, 0.2) is 5.13 Å².